The van der Waals surface area contributed by atoms with E-state index in [2.05, 4.69) is 83.9 Å². The molecule has 0 unspecified atom stereocenters. The van der Waals surface area contributed by atoms with Gasteiger partial charge in [0, 0.05) is 38.3 Å². The van der Waals surface area contributed by atoms with Crippen LogP contribution in [0.5, 0.6) is 0 Å². The summed E-state index contributed by atoms with van der Waals surface area (Å²) in [7, 11) is 0. The summed E-state index contributed by atoms with van der Waals surface area (Å²) < 4.78 is 5.83. The zero-order valence-corrected chi connectivity index (χ0v) is 24.1. The Bertz CT molecular complexity index is 1320. The molecule has 5 rings (SSSR count). The van der Waals surface area contributed by atoms with Crippen molar-refractivity contribution < 1.29 is 9.53 Å². The summed E-state index contributed by atoms with van der Waals surface area (Å²) in [5, 5.41) is 5.90. The lowest BCUT2D eigenvalue weighted by Gasteiger charge is -2.34. The lowest BCUT2D eigenvalue weighted by Crippen LogP contribution is -2.44. The van der Waals surface area contributed by atoms with Crippen LogP contribution < -0.4 is 11.1 Å². The topological polar surface area (TPSA) is 70.8 Å². The van der Waals surface area contributed by atoms with Crippen LogP contribution in [0.4, 0.5) is 16.2 Å². The van der Waals surface area contributed by atoms with E-state index in [1.807, 2.05) is 35.2 Å². The van der Waals surface area contributed by atoms with Crippen LogP contribution in [0.1, 0.15) is 30.9 Å². The Morgan fingerprint density at radius 3 is 2.00 bits per heavy atom. The van der Waals surface area contributed by atoms with Crippen LogP contribution in [-0.4, -0.2) is 47.7 Å². The maximum Gasteiger partial charge on any atom is 0.409 e. The van der Waals surface area contributed by atoms with E-state index in [-0.39, 0.29) is 31.7 Å². The third kappa shape index (κ3) is 7.71. The van der Waals surface area contributed by atoms with Crippen molar-refractivity contribution in [2.24, 2.45) is 0 Å². The van der Waals surface area contributed by atoms with E-state index < -0.39 is 0 Å². The van der Waals surface area contributed by atoms with Gasteiger partial charge < -0.3 is 20.7 Å². The number of anilines is 2. The summed E-state index contributed by atoms with van der Waals surface area (Å²) in [6.07, 6.45) is 1.47. The predicted octanol–water partition coefficient (Wildman–Crippen LogP) is 6.64. The minimum absolute atomic E-state index is 0. The number of hydrogen-bond donors (Lipinski definition) is 2. The number of carbonyl (C=O) groups excluding carboxylic acids is 1. The lowest BCUT2D eigenvalue weighted by molar-refractivity contribution is 0.0595. The highest BCUT2D eigenvalue weighted by molar-refractivity contribution is 7.59. The Hall–Kier alpha value is -3.68. The molecule has 7 heteroatoms. The van der Waals surface area contributed by atoms with E-state index in [1.165, 1.54) is 11.1 Å². The van der Waals surface area contributed by atoms with E-state index in [1.54, 1.807) is 0 Å². The Balaban J connectivity index is 0.00000370. The zero-order valence-electron chi connectivity index (χ0n) is 23.1. The molecule has 6 nitrogen and oxygen atoms in total. The Labute approximate surface area is 244 Å². The van der Waals surface area contributed by atoms with Gasteiger partial charge in [0.2, 0.25) is 0 Å². The van der Waals surface area contributed by atoms with Crippen molar-refractivity contribution in [3.63, 3.8) is 0 Å². The van der Waals surface area contributed by atoms with E-state index in [9.17, 15) is 4.79 Å². The number of rotatable bonds is 9. The van der Waals surface area contributed by atoms with Gasteiger partial charge in [-0.15, -0.1) is 0 Å². The molecule has 0 bridgehead atoms. The molecule has 0 aliphatic carbocycles. The van der Waals surface area contributed by atoms with Gasteiger partial charge in [-0.1, -0.05) is 84.9 Å². The first-order chi connectivity index (χ1) is 19.0. The maximum absolute atomic E-state index is 13.0. The molecule has 3 N–H and O–H groups in total. The van der Waals surface area contributed by atoms with Gasteiger partial charge in [-0.2, -0.15) is 13.5 Å². The molecule has 0 spiro atoms. The molecule has 1 aliphatic rings. The third-order valence-electron chi connectivity index (χ3n) is 7.56. The summed E-state index contributed by atoms with van der Waals surface area (Å²) in [6, 6.07) is 33.6. The van der Waals surface area contributed by atoms with Crippen molar-refractivity contribution in [1.82, 2.24) is 9.80 Å². The second kappa shape index (κ2) is 14.1. The van der Waals surface area contributed by atoms with Crippen LogP contribution >= 0.6 is 13.5 Å². The highest BCUT2D eigenvalue weighted by Crippen LogP contribution is 2.28. The first kappa shape index (κ1) is 29.3. The molecule has 4 aromatic carbocycles. The van der Waals surface area contributed by atoms with Crippen molar-refractivity contribution in [2.45, 2.75) is 44.9 Å². The SMILES string of the molecule is C[C@@H](COC(=O)N1CCC(Nc2cc3ccccc3cc2N)CC1)N(Cc1ccccc1)Cc1ccccc1.S. The van der Waals surface area contributed by atoms with Crippen molar-refractivity contribution >= 4 is 41.7 Å². The monoisotopic (exact) mass is 556 g/mol. The van der Waals surface area contributed by atoms with E-state index in [4.69, 9.17) is 10.5 Å². The van der Waals surface area contributed by atoms with Crippen molar-refractivity contribution in [3.8, 4) is 0 Å². The number of likely N-dealkylation sites (tertiary alicyclic amines) is 1. The number of nitrogens with zero attached hydrogens (tertiary/aromatic N) is 2. The van der Waals surface area contributed by atoms with Crippen LogP contribution in [0.3, 0.4) is 0 Å². The molecule has 40 heavy (non-hydrogen) atoms. The summed E-state index contributed by atoms with van der Waals surface area (Å²) in [5.74, 6) is 0. The summed E-state index contributed by atoms with van der Waals surface area (Å²) in [6.45, 7) is 5.40. The van der Waals surface area contributed by atoms with Crippen molar-refractivity contribution in [2.75, 3.05) is 30.7 Å². The molecule has 0 aromatic heterocycles. The van der Waals surface area contributed by atoms with Crippen LogP contribution in [0.25, 0.3) is 10.8 Å². The van der Waals surface area contributed by atoms with Gasteiger partial charge in [0.15, 0.2) is 0 Å². The lowest BCUT2D eigenvalue weighted by atomic mass is 10.0. The van der Waals surface area contributed by atoms with Crippen LogP contribution in [0.2, 0.25) is 0 Å². The van der Waals surface area contributed by atoms with Gasteiger partial charge in [-0.25, -0.2) is 4.79 Å². The largest absolute Gasteiger partial charge is 0.448 e. The molecule has 1 atom stereocenters. The summed E-state index contributed by atoms with van der Waals surface area (Å²) in [4.78, 5) is 17.1. The van der Waals surface area contributed by atoms with Crippen LogP contribution in [0.15, 0.2) is 97.1 Å². The second-order valence-corrected chi connectivity index (χ2v) is 10.5. The number of benzene rings is 4. The zero-order chi connectivity index (χ0) is 27.0. The molecular formula is C33H40N4O2S. The highest BCUT2D eigenvalue weighted by atomic mass is 32.1. The van der Waals surface area contributed by atoms with E-state index in [0.29, 0.717) is 19.7 Å². The van der Waals surface area contributed by atoms with Crippen molar-refractivity contribution in [1.29, 1.82) is 0 Å². The van der Waals surface area contributed by atoms with E-state index >= 15 is 0 Å². The standard InChI is InChI=1S/C33H38N4O2.H2S/c1-25(37(22-26-10-4-2-5-11-26)23-27-12-6-3-7-13-27)24-39-33(38)36-18-16-30(17-19-36)35-32-21-29-15-9-8-14-28(29)20-31(32)34;/h2-15,20-21,25,30,35H,16-19,22-24,34H2,1H3;1H2/t25-;/m0./s1. The smallest absolute Gasteiger partial charge is 0.409 e. The van der Waals surface area contributed by atoms with Gasteiger partial charge in [-0.05, 0) is 53.8 Å². The van der Waals surface area contributed by atoms with Gasteiger partial charge in [0.1, 0.15) is 6.61 Å². The minimum Gasteiger partial charge on any atom is -0.448 e. The number of nitrogens with two attached hydrogens (primary N) is 1. The number of hydrogen-bond acceptors (Lipinski definition) is 5. The fourth-order valence-corrected chi connectivity index (χ4v) is 5.20. The summed E-state index contributed by atoms with van der Waals surface area (Å²) in [5.41, 5.74) is 10.5. The fourth-order valence-electron chi connectivity index (χ4n) is 5.20. The molecule has 1 amide bonds. The first-order valence-electron chi connectivity index (χ1n) is 13.8. The molecule has 1 fully saturated rings. The van der Waals surface area contributed by atoms with Gasteiger partial charge >= 0.3 is 6.09 Å². The highest BCUT2D eigenvalue weighted by Gasteiger charge is 2.25. The molecule has 210 valence electrons. The minimum atomic E-state index is -0.232. The predicted molar refractivity (Wildman–Crippen MR) is 170 cm³/mol. The molecular weight excluding hydrogens is 516 g/mol. The van der Waals surface area contributed by atoms with Gasteiger partial charge in [-0.3, -0.25) is 4.90 Å². The Morgan fingerprint density at radius 1 is 0.900 bits per heavy atom. The molecule has 4 aromatic rings. The number of nitrogen functional groups attached to an aromatic ring is 1. The van der Waals surface area contributed by atoms with E-state index in [0.717, 1.165) is 48.1 Å². The Kier molecular flexibility index (Phi) is 10.3. The fraction of sp³-hybridized carbons (Fsp3) is 0.303. The second-order valence-electron chi connectivity index (χ2n) is 10.5. The number of nitrogens with one attached hydrogen (secondary N) is 1. The molecule has 0 saturated carbocycles. The number of fused-ring (bicyclic) bond motifs is 1. The van der Waals surface area contributed by atoms with Crippen LogP contribution in [0, 0.1) is 0 Å². The molecule has 0 radical (unpaired) electrons. The first-order valence-corrected chi connectivity index (χ1v) is 13.8. The normalized spacial score (nSPS) is 14.5. The average Bonchev–Trinajstić information content (AvgIpc) is 2.97. The average molecular weight is 557 g/mol. The molecule has 1 heterocycles. The van der Waals surface area contributed by atoms with Crippen molar-refractivity contribution in [3.05, 3.63) is 108 Å². The van der Waals surface area contributed by atoms with Crippen LogP contribution in [-0.2, 0) is 17.8 Å². The quantitative estimate of drug-likeness (QED) is 0.226. The number of piperidine rings is 1. The maximum atomic E-state index is 13.0. The number of carbonyl (C=O) groups is 1. The number of amides is 1. The molecule has 1 aliphatic heterocycles. The summed E-state index contributed by atoms with van der Waals surface area (Å²) >= 11 is 0. The van der Waals surface area contributed by atoms with Gasteiger partial charge in [0.05, 0.1) is 11.4 Å². The van der Waals surface area contributed by atoms with Gasteiger partial charge in [0.25, 0.3) is 0 Å². The third-order valence-corrected chi connectivity index (χ3v) is 7.56. The molecule has 1 saturated heterocycles. The Morgan fingerprint density at radius 2 is 1.43 bits per heavy atom. The number of ether oxygens (including phenoxy) is 1.